The molecule has 0 spiro atoms. The standard InChI is InChI=1S/C13H19N3O2/c1-13(2,7-5-11(17)18)16-10-6-8-14-12(15-10)9-3-4-9/h6,8-9H,3-5,7H2,1-2H3,(H,17,18)(H,14,15,16). The lowest BCUT2D eigenvalue weighted by Gasteiger charge is -2.26. The third-order valence-corrected chi connectivity index (χ3v) is 3.05. The van der Waals surface area contributed by atoms with E-state index in [1.54, 1.807) is 6.20 Å². The highest BCUT2D eigenvalue weighted by Crippen LogP contribution is 2.38. The van der Waals surface area contributed by atoms with Crippen molar-refractivity contribution in [2.24, 2.45) is 0 Å². The lowest BCUT2D eigenvalue weighted by atomic mass is 9.98. The minimum absolute atomic E-state index is 0.153. The van der Waals surface area contributed by atoms with E-state index in [4.69, 9.17) is 5.11 Å². The molecule has 0 aromatic carbocycles. The van der Waals surface area contributed by atoms with E-state index in [0.29, 0.717) is 12.3 Å². The Hall–Kier alpha value is -1.65. The summed E-state index contributed by atoms with van der Waals surface area (Å²) in [6.07, 6.45) is 4.82. The van der Waals surface area contributed by atoms with Crippen molar-refractivity contribution in [3.8, 4) is 0 Å². The lowest BCUT2D eigenvalue weighted by Crippen LogP contribution is -2.32. The number of hydrogen-bond donors (Lipinski definition) is 2. The number of carboxylic acids is 1. The summed E-state index contributed by atoms with van der Waals surface area (Å²) in [5.74, 6) is 1.43. The SMILES string of the molecule is CC(C)(CCC(=O)O)Nc1ccnc(C2CC2)n1. The molecule has 1 fully saturated rings. The second kappa shape index (κ2) is 4.92. The maximum Gasteiger partial charge on any atom is 0.303 e. The van der Waals surface area contributed by atoms with Crippen LogP contribution in [0, 0.1) is 0 Å². The minimum atomic E-state index is -0.772. The van der Waals surface area contributed by atoms with Gasteiger partial charge in [-0.15, -0.1) is 0 Å². The van der Waals surface area contributed by atoms with Crippen LogP contribution in [0.3, 0.4) is 0 Å². The normalized spacial score (nSPS) is 15.4. The molecular formula is C13H19N3O2. The Balaban J connectivity index is 1.98. The molecule has 1 aliphatic carbocycles. The first-order valence-corrected chi connectivity index (χ1v) is 6.29. The van der Waals surface area contributed by atoms with Gasteiger partial charge < -0.3 is 10.4 Å². The van der Waals surface area contributed by atoms with Crippen molar-refractivity contribution in [2.45, 2.75) is 51.0 Å². The van der Waals surface area contributed by atoms with Crippen molar-refractivity contribution in [3.63, 3.8) is 0 Å². The molecule has 1 aromatic rings. The van der Waals surface area contributed by atoms with Gasteiger partial charge in [-0.1, -0.05) is 0 Å². The van der Waals surface area contributed by atoms with Gasteiger partial charge >= 0.3 is 5.97 Å². The van der Waals surface area contributed by atoms with Crippen LogP contribution in [0.15, 0.2) is 12.3 Å². The molecular weight excluding hydrogens is 230 g/mol. The average Bonchev–Trinajstić information content (AvgIpc) is 3.10. The van der Waals surface area contributed by atoms with Gasteiger partial charge in [0.25, 0.3) is 0 Å². The molecule has 0 saturated heterocycles. The first kappa shape index (κ1) is 12.8. The van der Waals surface area contributed by atoms with Crippen LogP contribution in [-0.2, 0) is 4.79 Å². The van der Waals surface area contributed by atoms with Gasteiger partial charge in [-0.25, -0.2) is 9.97 Å². The van der Waals surface area contributed by atoms with Crippen molar-refractivity contribution < 1.29 is 9.90 Å². The van der Waals surface area contributed by atoms with Crippen LogP contribution in [0.25, 0.3) is 0 Å². The molecule has 5 nitrogen and oxygen atoms in total. The van der Waals surface area contributed by atoms with Gasteiger partial charge in [0.05, 0.1) is 0 Å². The molecule has 2 rings (SSSR count). The average molecular weight is 249 g/mol. The maximum absolute atomic E-state index is 10.6. The van der Waals surface area contributed by atoms with Crippen molar-refractivity contribution in [1.29, 1.82) is 0 Å². The summed E-state index contributed by atoms with van der Waals surface area (Å²) in [7, 11) is 0. The molecule has 0 bridgehead atoms. The Labute approximate surface area is 107 Å². The molecule has 0 atom stereocenters. The highest BCUT2D eigenvalue weighted by Gasteiger charge is 2.27. The van der Waals surface area contributed by atoms with Crippen molar-refractivity contribution >= 4 is 11.8 Å². The molecule has 1 heterocycles. The summed E-state index contributed by atoms with van der Waals surface area (Å²) in [6.45, 7) is 3.96. The first-order chi connectivity index (χ1) is 8.46. The van der Waals surface area contributed by atoms with Crippen LogP contribution in [0.5, 0.6) is 0 Å². The van der Waals surface area contributed by atoms with E-state index in [-0.39, 0.29) is 12.0 Å². The van der Waals surface area contributed by atoms with Crippen LogP contribution >= 0.6 is 0 Å². The van der Waals surface area contributed by atoms with E-state index < -0.39 is 5.97 Å². The summed E-state index contributed by atoms with van der Waals surface area (Å²) in [6, 6.07) is 1.83. The molecule has 0 unspecified atom stereocenters. The van der Waals surface area contributed by atoms with E-state index in [1.165, 1.54) is 12.8 Å². The fraction of sp³-hybridized carbons (Fsp3) is 0.615. The zero-order chi connectivity index (χ0) is 13.2. The molecule has 5 heteroatoms. The van der Waals surface area contributed by atoms with Crippen molar-refractivity contribution in [2.75, 3.05) is 5.32 Å². The van der Waals surface area contributed by atoms with E-state index >= 15 is 0 Å². The third-order valence-electron chi connectivity index (χ3n) is 3.05. The van der Waals surface area contributed by atoms with Gasteiger partial charge in [0.15, 0.2) is 0 Å². The number of carboxylic acid groups (broad SMARTS) is 1. The summed E-state index contributed by atoms with van der Waals surface area (Å²) in [5, 5.41) is 12.0. The van der Waals surface area contributed by atoms with E-state index in [1.807, 2.05) is 19.9 Å². The fourth-order valence-electron chi connectivity index (χ4n) is 1.81. The third kappa shape index (κ3) is 3.68. The van der Waals surface area contributed by atoms with Gasteiger partial charge in [-0.05, 0) is 39.2 Å². The number of aliphatic carboxylic acids is 1. The largest absolute Gasteiger partial charge is 0.481 e. The van der Waals surface area contributed by atoms with E-state index in [0.717, 1.165) is 11.6 Å². The van der Waals surface area contributed by atoms with E-state index in [9.17, 15) is 4.79 Å². The van der Waals surface area contributed by atoms with E-state index in [2.05, 4.69) is 15.3 Å². The summed E-state index contributed by atoms with van der Waals surface area (Å²) in [5.41, 5.74) is -0.284. The molecule has 18 heavy (non-hydrogen) atoms. The smallest absolute Gasteiger partial charge is 0.303 e. The summed E-state index contributed by atoms with van der Waals surface area (Å²) >= 11 is 0. The molecule has 1 saturated carbocycles. The topological polar surface area (TPSA) is 75.1 Å². The van der Waals surface area contributed by atoms with Crippen LogP contribution in [0.4, 0.5) is 5.82 Å². The number of aromatic nitrogens is 2. The monoisotopic (exact) mass is 249 g/mol. The fourth-order valence-corrected chi connectivity index (χ4v) is 1.81. The van der Waals surface area contributed by atoms with Crippen LogP contribution < -0.4 is 5.32 Å². The predicted octanol–water partition coefficient (Wildman–Crippen LogP) is 2.41. The second-order valence-corrected chi connectivity index (χ2v) is 5.48. The van der Waals surface area contributed by atoms with Gasteiger partial charge in [-0.2, -0.15) is 0 Å². The van der Waals surface area contributed by atoms with Crippen molar-refractivity contribution in [3.05, 3.63) is 18.1 Å². The molecule has 0 radical (unpaired) electrons. The number of hydrogen-bond acceptors (Lipinski definition) is 4. The quantitative estimate of drug-likeness (QED) is 0.809. The van der Waals surface area contributed by atoms with Crippen molar-refractivity contribution in [1.82, 2.24) is 9.97 Å². The van der Waals surface area contributed by atoms with Gasteiger partial charge in [0.2, 0.25) is 0 Å². The van der Waals surface area contributed by atoms with Crippen LogP contribution in [-0.4, -0.2) is 26.6 Å². The number of nitrogens with zero attached hydrogens (tertiary/aromatic N) is 2. The number of carbonyl (C=O) groups is 1. The highest BCUT2D eigenvalue weighted by molar-refractivity contribution is 5.66. The molecule has 0 aliphatic heterocycles. The molecule has 2 N–H and O–H groups in total. The highest BCUT2D eigenvalue weighted by atomic mass is 16.4. The zero-order valence-electron chi connectivity index (χ0n) is 10.8. The first-order valence-electron chi connectivity index (χ1n) is 6.29. The molecule has 1 aliphatic rings. The van der Waals surface area contributed by atoms with Gasteiger partial charge in [-0.3, -0.25) is 4.79 Å². The van der Waals surface area contributed by atoms with Gasteiger partial charge in [0, 0.05) is 24.1 Å². The zero-order valence-corrected chi connectivity index (χ0v) is 10.8. The Kier molecular flexibility index (Phi) is 3.50. The molecule has 0 amide bonds. The number of nitrogens with one attached hydrogen (secondary N) is 1. The minimum Gasteiger partial charge on any atom is -0.481 e. The maximum atomic E-state index is 10.6. The van der Waals surface area contributed by atoms with Gasteiger partial charge in [0.1, 0.15) is 11.6 Å². The second-order valence-electron chi connectivity index (χ2n) is 5.48. The lowest BCUT2D eigenvalue weighted by molar-refractivity contribution is -0.137. The summed E-state index contributed by atoms with van der Waals surface area (Å²) in [4.78, 5) is 19.3. The number of anilines is 1. The molecule has 1 aromatic heterocycles. The Morgan fingerprint density at radius 2 is 2.28 bits per heavy atom. The number of rotatable bonds is 6. The molecule has 98 valence electrons. The van der Waals surface area contributed by atoms with Crippen LogP contribution in [0.2, 0.25) is 0 Å². The predicted molar refractivity (Wildman–Crippen MR) is 68.6 cm³/mol. The van der Waals surface area contributed by atoms with Crippen LogP contribution in [0.1, 0.15) is 51.3 Å². The Morgan fingerprint density at radius 1 is 1.56 bits per heavy atom. The Bertz CT molecular complexity index is 442. The summed E-state index contributed by atoms with van der Waals surface area (Å²) < 4.78 is 0. The Morgan fingerprint density at radius 3 is 2.89 bits per heavy atom.